The fourth-order valence-corrected chi connectivity index (χ4v) is 2.49. The number of rotatable bonds is 3. The summed E-state index contributed by atoms with van der Waals surface area (Å²) in [4.78, 5) is 25.5. The fourth-order valence-electron chi connectivity index (χ4n) is 2.49. The predicted molar refractivity (Wildman–Crippen MR) is 78.4 cm³/mol. The molecule has 1 aliphatic rings. The van der Waals surface area contributed by atoms with Crippen molar-refractivity contribution in [3.63, 3.8) is 0 Å². The van der Waals surface area contributed by atoms with Crippen LogP contribution >= 0.6 is 0 Å². The summed E-state index contributed by atoms with van der Waals surface area (Å²) < 4.78 is 5.22. The van der Waals surface area contributed by atoms with Gasteiger partial charge in [0, 0.05) is 25.6 Å². The molecule has 2 amide bonds. The summed E-state index contributed by atoms with van der Waals surface area (Å²) in [5.74, 6) is 0.745. The summed E-state index contributed by atoms with van der Waals surface area (Å²) in [6, 6.07) is 0.0821. The molecular weight excluding hydrogens is 256 g/mol. The molecule has 0 bridgehead atoms. The van der Waals surface area contributed by atoms with Crippen molar-refractivity contribution in [3.8, 4) is 0 Å². The molecule has 1 aliphatic heterocycles. The van der Waals surface area contributed by atoms with Crippen molar-refractivity contribution in [2.75, 3.05) is 13.1 Å². The molecule has 0 spiro atoms. The van der Waals surface area contributed by atoms with Gasteiger partial charge in [-0.3, -0.25) is 4.79 Å². The standard InChI is InChI=1S/C15H28N2O3/c1-6-13(18)17-8-7-11(2)9-12(17)10-16-14(19)20-15(3,4)5/h11-12H,6-10H2,1-5H3,(H,16,19)/t11-,12-/m0/s1. The highest BCUT2D eigenvalue weighted by atomic mass is 16.6. The first-order valence-corrected chi connectivity index (χ1v) is 7.49. The maximum Gasteiger partial charge on any atom is 0.407 e. The van der Waals surface area contributed by atoms with E-state index in [0.717, 1.165) is 19.4 Å². The molecule has 1 fully saturated rings. The summed E-state index contributed by atoms with van der Waals surface area (Å²) >= 11 is 0. The maximum atomic E-state index is 11.9. The number of hydrogen-bond acceptors (Lipinski definition) is 3. The van der Waals surface area contributed by atoms with E-state index in [1.54, 1.807) is 0 Å². The average Bonchev–Trinajstić information content (AvgIpc) is 2.33. The molecule has 0 unspecified atom stereocenters. The number of piperidine rings is 1. The minimum atomic E-state index is -0.497. The molecule has 0 aromatic rings. The molecule has 2 atom stereocenters. The zero-order chi connectivity index (χ0) is 15.3. The van der Waals surface area contributed by atoms with Gasteiger partial charge in [0.2, 0.25) is 5.91 Å². The van der Waals surface area contributed by atoms with Crippen molar-refractivity contribution < 1.29 is 14.3 Å². The largest absolute Gasteiger partial charge is 0.444 e. The van der Waals surface area contributed by atoms with Crippen molar-refractivity contribution in [3.05, 3.63) is 0 Å². The third kappa shape index (κ3) is 5.39. The van der Waals surface area contributed by atoms with Crippen molar-refractivity contribution in [2.24, 2.45) is 5.92 Å². The van der Waals surface area contributed by atoms with Gasteiger partial charge in [-0.2, -0.15) is 0 Å². The Kier molecular flexibility index (Phi) is 5.84. The Morgan fingerprint density at radius 2 is 2.00 bits per heavy atom. The van der Waals surface area contributed by atoms with E-state index in [2.05, 4.69) is 12.2 Å². The van der Waals surface area contributed by atoms with Crippen LogP contribution in [0.2, 0.25) is 0 Å². The highest BCUT2D eigenvalue weighted by molar-refractivity contribution is 5.76. The number of nitrogens with zero attached hydrogens (tertiary/aromatic N) is 1. The van der Waals surface area contributed by atoms with Gasteiger partial charge < -0.3 is 15.0 Å². The number of amides is 2. The average molecular weight is 284 g/mol. The van der Waals surface area contributed by atoms with Gasteiger partial charge in [0.1, 0.15) is 5.60 Å². The number of carbonyl (C=O) groups is 2. The first kappa shape index (κ1) is 16.8. The van der Waals surface area contributed by atoms with Gasteiger partial charge >= 0.3 is 6.09 Å². The third-order valence-electron chi connectivity index (χ3n) is 3.48. The number of likely N-dealkylation sites (tertiary alicyclic amines) is 1. The van der Waals surface area contributed by atoms with Crippen LogP contribution in [0.25, 0.3) is 0 Å². The van der Waals surface area contributed by atoms with Gasteiger partial charge in [0.25, 0.3) is 0 Å². The van der Waals surface area contributed by atoms with E-state index in [-0.39, 0.29) is 11.9 Å². The SMILES string of the molecule is CCC(=O)N1CC[C@H](C)C[C@H]1CNC(=O)OC(C)(C)C. The molecular formula is C15H28N2O3. The van der Waals surface area contributed by atoms with Crippen molar-refractivity contribution in [1.82, 2.24) is 10.2 Å². The first-order chi connectivity index (χ1) is 9.23. The van der Waals surface area contributed by atoms with E-state index in [0.29, 0.717) is 18.9 Å². The van der Waals surface area contributed by atoms with Gasteiger partial charge in [-0.15, -0.1) is 0 Å². The highest BCUT2D eigenvalue weighted by Gasteiger charge is 2.29. The second-order valence-electron chi connectivity index (χ2n) is 6.61. The zero-order valence-electron chi connectivity index (χ0n) is 13.4. The van der Waals surface area contributed by atoms with E-state index in [9.17, 15) is 9.59 Å². The first-order valence-electron chi connectivity index (χ1n) is 7.49. The lowest BCUT2D eigenvalue weighted by Gasteiger charge is -2.38. The van der Waals surface area contributed by atoms with Gasteiger partial charge in [-0.05, 0) is 39.5 Å². The normalized spacial score (nSPS) is 23.4. The second-order valence-corrected chi connectivity index (χ2v) is 6.61. The molecule has 116 valence electrons. The number of carbonyl (C=O) groups excluding carboxylic acids is 2. The van der Waals surface area contributed by atoms with Crippen LogP contribution in [0.5, 0.6) is 0 Å². The highest BCUT2D eigenvalue weighted by Crippen LogP contribution is 2.22. The lowest BCUT2D eigenvalue weighted by Crippen LogP contribution is -2.51. The summed E-state index contributed by atoms with van der Waals surface area (Å²) in [6.45, 7) is 10.8. The van der Waals surface area contributed by atoms with Crippen LogP contribution in [0, 0.1) is 5.92 Å². The quantitative estimate of drug-likeness (QED) is 0.866. The second kappa shape index (κ2) is 6.95. The Bertz CT molecular complexity index is 350. The smallest absolute Gasteiger partial charge is 0.407 e. The third-order valence-corrected chi connectivity index (χ3v) is 3.48. The molecule has 5 nitrogen and oxygen atoms in total. The van der Waals surface area contributed by atoms with E-state index in [4.69, 9.17) is 4.74 Å². The molecule has 1 rings (SSSR count). The minimum absolute atomic E-state index is 0.0821. The monoisotopic (exact) mass is 284 g/mol. The number of nitrogens with one attached hydrogen (secondary N) is 1. The molecule has 1 heterocycles. The van der Waals surface area contributed by atoms with Gasteiger partial charge in [-0.1, -0.05) is 13.8 Å². The Labute approximate surface area is 122 Å². The molecule has 0 saturated carbocycles. The van der Waals surface area contributed by atoms with E-state index in [1.165, 1.54) is 0 Å². The Hall–Kier alpha value is -1.26. The van der Waals surface area contributed by atoms with Crippen LogP contribution in [0.15, 0.2) is 0 Å². The lowest BCUT2D eigenvalue weighted by atomic mass is 9.92. The van der Waals surface area contributed by atoms with Crippen molar-refractivity contribution >= 4 is 12.0 Å². The molecule has 0 aromatic heterocycles. The maximum absolute atomic E-state index is 11.9. The number of ether oxygens (including phenoxy) is 1. The molecule has 5 heteroatoms. The Balaban J connectivity index is 2.53. The molecule has 1 N–H and O–H groups in total. The summed E-state index contributed by atoms with van der Waals surface area (Å²) in [5.41, 5.74) is -0.497. The van der Waals surface area contributed by atoms with Crippen molar-refractivity contribution in [2.45, 2.75) is 65.5 Å². The topological polar surface area (TPSA) is 58.6 Å². The van der Waals surface area contributed by atoms with E-state index < -0.39 is 11.7 Å². The van der Waals surface area contributed by atoms with Gasteiger partial charge in [0.15, 0.2) is 0 Å². The van der Waals surface area contributed by atoms with Gasteiger partial charge in [0.05, 0.1) is 0 Å². The fraction of sp³-hybridized carbons (Fsp3) is 0.867. The van der Waals surface area contributed by atoms with Crippen LogP contribution in [0.3, 0.4) is 0 Å². The summed E-state index contributed by atoms with van der Waals surface area (Å²) in [6.07, 6.45) is 2.06. The molecule has 1 saturated heterocycles. The van der Waals surface area contributed by atoms with Crippen molar-refractivity contribution in [1.29, 1.82) is 0 Å². The van der Waals surface area contributed by atoms with Crippen LogP contribution in [0.1, 0.15) is 53.9 Å². The zero-order valence-corrected chi connectivity index (χ0v) is 13.4. The minimum Gasteiger partial charge on any atom is -0.444 e. The number of alkyl carbamates (subject to hydrolysis) is 1. The predicted octanol–water partition coefficient (Wildman–Crippen LogP) is 2.55. The van der Waals surface area contributed by atoms with Crippen LogP contribution in [-0.2, 0) is 9.53 Å². The van der Waals surface area contributed by atoms with E-state index >= 15 is 0 Å². The van der Waals surface area contributed by atoms with Crippen LogP contribution in [0.4, 0.5) is 4.79 Å². The van der Waals surface area contributed by atoms with Crippen LogP contribution < -0.4 is 5.32 Å². The molecule has 0 aromatic carbocycles. The summed E-state index contributed by atoms with van der Waals surface area (Å²) in [5, 5.41) is 2.78. The Morgan fingerprint density at radius 1 is 1.35 bits per heavy atom. The van der Waals surface area contributed by atoms with Crippen LogP contribution in [-0.4, -0.2) is 41.6 Å². The molecule has 0 radical (unpaired) electrons. The molecule has 0 aliphatic carbocycles. The molecule has 20 heavy (non-hydrogen) atoms. The Morgan fingerprint density at radius 3 is 2.55 bits per heavy atom. The lowest BCUT2D eigenvalue weighted by molar-refractivity contribution is -0.135. The van der Waals surface area contributed by atoms with Gasteiger partial charge in [-0.25, -0.2) is 4.79 Å². The van der Waals surface area contributed by atoms with E-state index in [1.807, 2.05) is 32.6 Å². The summed E-state index contributed by atoms with van der Waals surface area (Å²) in [7, 11) is 0. The number of hydrogen-bond donors (Lipinski definition) is 1.